The summed E-state index contributed by atoms with van der Waals surface area (Å²) in [6.45, 7) is 0. The average Bonchev–Trinajstić information content (AvgIpc) is 3.18. The Morgan fingerprint density at radius 2 is 2.10 bits per heavy atom. The standard InChI is InChI=1S/C13H9N5O3/c19-13-15-9-3-1-2-8(11(9)17-13)12-16-10(18-21-12)6-7-4-5-14-20-7/h1-5H,6H2,(H2,15,17,19). The van der Waals surface area contributed by atoms with Gasteiger partial charge in [0.2, 0.25) is 0 Å². The molecule has 0 aliphatic rings. The second kappa shape index (κ2) is 4.44. The smallest absolute Gasteiger partial charge is 0.323 e. The fraction of sp³-hybridized carbons (Fsp3) is 0.0769. The van der Waals surface area contributed by atoms with E-state index in [2.05, 4.69) is 25.3 Å². The summed E-state index contributed by atoms with van der Waals surface area (Å²) in [4.78, 5) is 21.1. The number of para-hydroxylation sites is 1. The number of fused-ring (bicyclic) bond motifs is 1. The van der Waals surface area contributed by atoms with Crippen LogP contribution in [0.4, 0.5) is 0 Å². The molecule has 8 heteroatoms. The average molecular weight is 283 g/mol. The maximum Gasteiger partial charge on any atom is 0.323 e. The van der Waals surface area contributed by atoms with Gasteiger partial charge >= 0.3 is 5.69 Å². The monoisotopic (exact) mass is 283 g/mol. The summed E-state index contributed by atoms with van der Waals surface area (Å²) in [6.07, 6.45) is 1.95. The number of imidazole rings is 1. The first-order valence-corrected chi connectivity index (χ1v) is 6.23. The van der Waals surface area contributed by atoms with Crippen LogP contribution in [0.5, 0.6) is 0 Å². The van der Waals surface area contributed by atoms with Crippen molar-refractivity contribution in [2.24, 2.45) is 0 Å². The second-order valence-electron chi connectivity index (χ2n) is 4.48. The highest BCUT2D eigenvalue weighted by atomic mass is 16.5. The van der Waals surface area contributed by atoms with Gasteiger partial charge in [-0.15, -0.1) is 0 Å². The number of hydrogen-bond acceptors (Lipinski definition) is 6. The molecule has 0 spiro atoms. The zero-order chi connectivity index (χ0) is 14.2. The number of aromatic nitrogens is 5. The Bertz CT molecular complexity index is 948. The SMILES string of the molecule is O=c1[nH]c2cccc(-c3nc(Cc4ccno4)no3)c2[nH]1. The molecule has 8 nitrogen and oxygen atoms in total. The van der Waals surface area contributed by atoms with Crippen molar-refractivity contribution in [2.45, 2.75) is 6.42 Å². The van der Waals surface area contributed by atoms with Gasteiger partial charge in [-0.2, -0.15) is 4.98 Å². The van der Waals surface area contributed by atoms with Crippen LogP contribution >= 0.6 is 0 Å². The molecule has 4 rings (SSSR count). The van der Waals surface area contributed by atoms with Crippen molar-refractivity contribution in [3.8, 4) is 11.5 Å². The molecule has 0 unspecified atom stereocenters. The predicted octanol–water partition coefficient (Wildman–Crippen LogP) is 1.48. The lowest BCUT2D eigenvalue weighted by atomic mass is 10.2. The van der Waals surface area contributed by atoms with Gasteiger partial charge in [-0.3, -0.25) is 0 Å². The summed E-state index contributed by atoms with van der Waals surface area (Å²) in [5.41, 5.74) is 1.71. The van der Waals surface area contributed by atoms with E-state index < -0.39 is 0 Å². The summed E-state index contributed by atoms with van der Waals surface area (Å²) < 4.78 is 10.3. The van der Waals surface area contributed by atoms with Gasteiger partial charge in [0.05, 0.1) is 29.2 Å². The Hall–Kier alpha value is -3.16. The van der Waals surface area contributed by atoms with Crippen LogP contribution in [-0.2, 0) is 6.42 Å². The predicted molar refractivity (Wildman–Crippen MR) is 71.5 cm³/mol. The number of hydrogen-bond donors (Lipinski definition) is 2. The fourth-order valence-corrected chi connectivity index (χ4v) is 2.16. The topological polar surface area (TPSA) is 114 Å². The van der Waals surface area contributed by atoms with E-state index in [9.17, 15) is 4.79 Å². The summed E-state index contributed by atoms with van der Waals surface area (Å²) >= 11 is 0. The van der Waals surface area contributed by atoms with Gasteiger partial charge in [-0.25, -0.2) is 4.79 Å². The molecular formula is C13H9N5O3. The number of benzene rings is 1. The van der Waals surface area contributed by atoms with Crippen LogP contribution in [0.1, 0.15) is 11.6 Å². The Labute approximate surface area is 116 Å². The van der Waals surface area contributed by atoms with Crippen molar-refractivity contribution in [2.75, 3.05) is 0 Å². The van der Waals surface area contributed by atoms with Crippen molar-refractivity contribution >= 4 is 11.0 Å². The van der Waals surface area contributed by atoms with Crippen molar-refractivity contribution < 1.29 is 9.05 Å². The Kier molecular flexibility index (Phi) is 2.46. The molecule has 3 aromatic heterocycles. The number of aromatic amines is 2. The molecule has 4 aromatic rings. The Morgan fingerprint density at radius 1 is 1.14 bits per heavy atom. The maximum absolute atomic E-state index is 11.4. The lowest BCUT2D eigenvalue weighted by Gasteiger charge is -1.95. The van der Waals surface area contributed by atoms with Gasteiger partial charge in [-0.05, 0) is 12.1 Å². The van der Waals surface area contributed by atoms with Gasteiger partial charge in [0.15, 0.2) is 5.82 Å². The first kappa shape index (κ1) is 11.6. The summed E-state index contributed by atoms with van der Waals surface area (Å²) in [7, 11) is 0. The highest BCUT2D eigenvalue weighted by Crippen LogP contribution is 2.24. The third kappa shape index (κ3) is 2.02. The van der Waals surface area contributed by atoms with E-state index in [0.717, 1.165) is 0 Å². The molecule has 0 atom stereocenters. The first-order chi connectivity index (χ1) is 10.3. The Balaban J connectivity index is 1.75. The minimum absolute atomic E-state index is 0.279. The highest BCUT2D eigenvalue weighted by Gasteiger charge is 2.14. The van der Waals surface area contributed by atoms with E-state index in [-0.39, 0.29) is 5.69 Å². The van der Waals surface area contributed by atoms with Crippen molar-refractivity contribution in [3.05, 3.63) is 52.5 Å². The van der Waals surface area contributed by atoms with Crippen LogP contribution in [-0.4, -0.2) is 25.3 Å². The third-order valence-corrected chi connectivity index (χ3v) is 3.07. The molecule has 0 aliphatic carbocycles. The molecule has 21 heavy (non-hydrogen) atoms. The van der Waals surface area contributed by atoms with Gasteiger partial charge in [-0.1, -0.05) is 16.4 Å². The molecular weight excluding hydrogens is 274 g/mol. The van der Waals surface area contributed by atoms with Gasteiger partial charge in [0.1, 0.15) is 5.76 Å². The number of rotatable bonds is 3. The van der Waals surface area contributed by atoms with E-state index in [0.29, 0.717) is 40.5 Å². The number of H-pyrrole nitrogens is 2. The van der Waals surface area contributed by atoms with Gasteiger partial charge < -0.3 is 19.0 Å². The quantitative estimate of drug-likeness (QED) is 0.588. The normalized spacial score (nSPS) is 11.2. The van der Waals surface area contributed by atoms with E-state index in [1.54, 1.807) is 24.4 Å². The van der Waals surface area contributed by atoms with Crippen LogP contribution in [0.25, 0.3) is 22.5 Å². The largest absolute Gasteiger partial charge is 0.361 e. The molecule has 104 valence electrons. The molecule has 0 saturated heterocycles. The van der Waals surface area contributed by atoms with Crippen molar-refractivity contribution in [1.29, 1.82) is 0 Å². The van der Waals surface area contributed by atoms with Crippen LogP contribution in [0.2, 0.25) is 0 Å². The van der Waals surface area contributed by atoms with Crippen LogP contribution in [0.3, 0.4) is 0 Å². The molecule has 0 saturated carbocycles. The zero-order valence-corrected chi connectivity index (χ0v) is 10.7. The van der Waals surface area contributed by atoms with Crippen LogP contribution < -0.4 is 5.69 Å². The minimum atomic E-state index is -0.279. The van der Waals surface area contributed by atoms with Gasteiger partial charge in [0.25, 0.3) is 5.89 Å². The van der Waals surface area contributed by atoms with E-state index in [1.165, 1.54) is 0 Å². The first-order valence-electron chi connectivity index (χ1n) is 6.23. The molecule has 1 aromatic carbocycles. The lowest BCUT2D eigenvalue weighted by molar-refractivity contribution is 0.382. The highest BCUT2D eigenvalue weighted by molar-refractivity contribution is 5.88. The summed E-state index contributed by atoms with van der Waals surface area (Å²) in [5.74, 6) is 1.47. The van der Waals surface area contributed by atoms with Crippen molar-refractivity contribution in [3.63, 3.8) is 0 Å². The maximum atomic E-state index is 11.4. The molecule has 0 fully saturated rings. The number of nitrogens with one attached hydrogen (secondary N) is 2. The zero-order valence-electron chi connectivity index (χ0n) is 10.7. The lowest BCUT2D eigenvalue weighted by Crippen LogP contribution is -1.99. The van der Waals surface area contributed by atoms with Crippen molar-refractivity contribution in [1.82, 2.24) is 25.3 Å². The molecule has 3 heterocycles. The van der Waals surface area contributed by atoms with E-state index in [4.69, 9.17) is 9.05 Å². The molecule has 0 aliphatic heterocycles. The van der Waals surface area contributed by atoms with Crippen LogP contribution in [0, 0.1) is 0 Å². The molecule has 0 amide bonds. The molecule has 2 N–H and O–H groups in total. The van der Waals surface area contributed by atoms with Gasteiger partial charge in [0, 0.05) is 6.07 Å². The third-order valence-electron chi connectivity index (χ3n) is 3.07. The Morgan fingerprint density at radius 3 is 2.95 bits per heavy atom. The second-order valence-corrected chi connectivity index (χ2v) is 4.48. The molecule has 0 bridgehead atoms. The van der Waals surface area contributed by atoms with E-state index in [1.807, 2.05) is 6.07 Å². The summed E-state index contributed by atoms with van der Waals surface area (Å²) in [5, 5.41) is 7.53. The number of nitrogens with zero attached hydrogens (tertiary/aromatic N) is 3. The fourth-order valence-electron chi connectivity index (χ4n) is 2.16. The van der Waals surface area contributed by atoms with Crippen LogP contribution in [0.15, 0.2) is 44.3 Å². The molecule has 0 radical (unpaired) electrons. The summed E-state index contributed by atoms with van der Waals surface area (Å²) in [6, 6.07) is 7.14. The van der Waals surface area contributed by atoms with E-state index >= 15 is 0 Å². The minimum Gasteiger partial charge on any atom is -0.361 e.